The van der Waals surface area contributed by atoms with E-state index in [4.69, 9.17) is 4.74 Å². The van der Waals surface area contributed by atoms with Crippen molar-refractivity contribution >= 4 is 16.9 Å². The maximum Gasteiger partial charge on any atom is 0.251 e. The van der Waals surface area contributed by atoms with Gasteiger partial charge in [0, 0.05) is 22.7 Å². The maximum atomic E-state index is 13.0. The van der Waals surface area contributed by atoms with E-state index in [0.29, 0.717) is 22.7 Å². The number of aromatic hydroxyl groups is 1. The Morgan fingerprint density at radius 3 is 2.52 bits per heavy atom. The largest absolute Gasteiger partial charge is 0.506 e. The van der Waals surface area contributed by atoms with Crippen molar-refractivity contribution in [2.24, 2.45) is 0 Å². The van der Waals surface area contributed by atoms with Crippen LogP contribution in [-0.2, 0) is 0 Å². The third kappa shape index (κ3) is 4.37. The molecule has 1 aliphatic rings. The van der Waals surface area contributed by atoms with Gasteiger partial charge >= 0.3 is 0 Å². The van der Waals surface area contributed by atoms with Crippen LogP contribution in [0.3, 0.4) is 0 Å². The minimum Gasteiger partial charge on any atom is -0.506 e. The van der Waals surface area contributed by atoms with Crippen molar-refractivity contribution < 1.29 is 14.6 Å². The van der Waals surface area contributed by atoms with Gasteiger partial charge in [0.15, 0.2) is 0 Å². The van der Waals surface area contributed by atoms with E-state index in [9.17, 15) is 9.90 Å². The van der Waals surface area contributed by atoms with Gasteiger partial charge in [-0.3, -0.25) is 4.79 Å². The van der Waals surface area contributed by atoms with Crippen LogP contribution in [0, 0.1) is 0 Å². The molecule has 1 saturated heterocycles. The van der Waals surface area contributed by atoms with Crippen molar-refractivity contribution in [1.29, 1.82) is 0 Å². The summed E-state index contributed by atoms with van der Waals surface area (Å²) in [6.45, 7) is 8.65. The topological polar surface area (TPSA) is 99.3 Å². The Morgan fingerprint density at radius 1 is 1.16 bits per heavy atom. The molecule has 4 rings (SSSR count). The molecule has 0 bridgehead atoms. The van der Waals surface area contributed by atoms with Crippen molar-refractivity contribution in [2.75, 3.05) is 7.11 Å². The molecule has 31 heavy (non-hydrogen) atoms. The summed E-state index contributed by atoms with van der Waals surface area (Å²) in [5.74, 6) is 1.10. The number of nitrogens with one attached hydrogen (secondary N) is 3. The average molecular weight is 423 g/mol. The number of carbonyl (C=O) groups is 1. The number of hydrogen-bond acceptors (Lipinski definition) is 5. The second kappa shape index (κ2) is 7.57. The summed E-state index contributed by atoms with van der Waals surface area (Å²) < 4.78 is 5.56. The molecule has 0 spiro atoms. The molecule has 0 saturated carbocycles. The molecule has 0 atom stereocenters. The standard InChI is InChI=1S/C24H30N4O3/c1-23(2)12-15(13-24(3,4)28-23)25-22(30)14-9-10-16(19(11-14)31-5)21-26-17-7-6-8-18(29)20(17)27-21/h6-11,15,28-29H,12-13H2,1-5H3,(H,25,30)(H,26,27). The lowest BCUT2D eigenvalue weighted by atomic mass is 9.79. The highest BCUT2D eigenvalue weighted by Crippen LogP contribution is 2.33. The Hall–Kier alpha value is -3.06. The molecular formula is C24H30N4O3. The van der Waals surface area contributed by atoms with Gasteiger partial charge in [0.2, 0.25) is 0 Å². The second-order valence-electron chi connectivity index (χ2n) is 9.65. The molecule has 2 heterocycles. The average Bonchev–Trinajstić information content (AvgIpc) is 3.10. The highest BCUT2D eigenvalue weighted by Gasteiger charge is 2.38. The molecule has 0 unspecified atom stereocenters. The summed E-state index contributed by atoms with van der Waals surface area (Å²) in [5.41, 5.74) is 2.39. The van der Waals surface area contributed by atoms with Gasteiger partial charge in [0.1, 0.15) is 22.8 Å². The Kier molecular flexibility index (Phi) is 5.17. The number of H-pyrrole nitrogens is 1. The molecule has 4 N–H and O–H groups in total. The molecular weight excluding hydrogens is 392 g/mol. The lowest BCUT2D eigenvalue weighted by Crippen LogP contribution is -2.62. The fourth-order valence-electron chi connectivity index (χ4n) is 4.87. The number of amides is 1. The first-order chi connectivity index (χ1) is 14.6. The molecule has 2 aromatic carbocycles. The fourth-order valence-corrected chi connectivity index (χ4v) is 4.87. The third-order valence-electron chi connectivity index (χ3n) is 5.74. The molecule has 164 valence electrons. The Labute approximate surface area is 182 Å². The highest BCUT2D eigenvalue weighted by atomic mass is 16.5. The number of rotatable bonds is 4. The van der Waals surface area contributed by atoms with Gasteiger partial charge in [-0.2, -0.15) is 0 Å². The van der Waals surface area contributed by atoms with Crippen LogP contribution in [0.2, 0.25) is 0 Å². The number of hydrogen-bond donors (Lipinski definition) is 4. The summed E-state index contributed by atoms with van der Waals surface area (Å²) in [5, 5.41) is 16.9. The number of nitrogens with zero attached hydrogens (tertiary/aromatic N) is 1. The summed E-state index contributed by atoms with van der Waals surface area (Å²) in [6, 6.07) is 10.6. The Balaban J connectivity index is 1.59. The monoisotopic (exact) mass is 422 g/mol. The molecule has 7 nitrogen and oxygen atoms in total. The predicted octanol–water partition coefficient (Wildman–Crippen LogP) is 3.98. The van der Waals surface area contributed by atoms with Crippen LogP contribution in [0.5, 0.6) is 11.5 Å². The van der Waals surface area contributed by atoms with Crippen LogP contribution in [0.25, 0.3) is 22.4 Å². The number of aromatic amines is 1. The molecule has 1 fully saturated rings. The summed E-state index contributed by atoms with van der Waals surface area (Å²) in [6.07, 6.45) is 1.72. The zero-order chi connectivity index (χ0) is 22.4. The number of fused-ring (bicyclic) bond motifs is 1. The van der Waals surface area contributed by atoms with Crippen molar-refractivity contribution in [3.05, 3.63) is 42.0 Å². The van der Waals surface area contributed by atoms with Gasteiger partial charge < -0.3 is 25.5 Å². The van der Waals surface area contributed by atoms with E-state index in [0.717, 1.165) is 23.9 Å². The molecule has 1 amide bonds. The van der Waals surface area contributed by atoms with Crippen LogP contribution in [0.1, 0.15) is 50.9 Å². The van der Waals surface area contributed by atoms with Crippen molar-refractivity contribution in [2.45, 2.75) is 57.7 Å². The number of carbonyl (C=O) groups excluding carboxylic acids is 1. The first-order valence-corrected chi connectivity index (χ1v) is 10.5. The highest BCUT2D eigenvalue weighted by molar-refractivity contribution is 5.96. The smallest absolute Gasteiger partial charge is 0.251 e. The summed E-state index contributed by atoms with van der Waals surface area (Å²) in [4.78, 5) is 20.7. The van der Waals surface area contributed by atoms with Crippen LogP contribution < -0.4 is 15.4 Å². The number of phenolic OH excluding ortho intramolecular Hbond substituents is 1. The van der Waals surface area contributed by atoms with E-state index >= 15 is 0 Å². The molecule has 0 radical (unpaired) electrons. The molecule has 1 aliphatic heterocycles. The second-order valence-corrected chi connectivity index (χ2v) is 9.65. The van der Waals surface area contributed by atoms with Crippen LogP contribution >= 0.6 is 0 Å². The van der Waals surface area contributed by atoms with E-state index in [1.165, 1.54) is 0 Å². The molecule has 7 heteroatoms. The first kappa shape index (κ1) is 21.2. The molecule has 1 aromatic heterocycles. The van der Waals surface area contributed by atoms with Crippen molar-refractivity contribution in [3.63, 3.8) is 0 Å². The van der Waals surface area contributed by atoms with Crippen LogP contribution in [0.15, 0.2) is 36.4 Å². The quantitative estimate of drug-likeness (QED) is 0.510. The van der Waals surface area contributed by atoms with E-state index < -0.39 is 0 Å². The van der Waals surface area contributed by atoms with Gasteiger partial charge in [0.25, 0.3) is 5.91 Å². The third-order valence-corrected chi connectivity index (χ3v) is 5.74. The summed E-state index contributed by atoms with van der Waals surface area (Å²) >= 11 is 0. The number of benzene rings is 2. The Morgan fingerprint density at radius 2 is 1.87 bits per heavy atom. The van der Waals surface area contributed by atoms with Gasteiger partial charge in [0.05, 0.1) is 18.2 Å². The minimum absolute atomic E-state index is 0.0475. The number of methoxy groups -OCH3 is 1. The molecule has 3 aromatic rings. The van der Waals surface area contributed by atoms with Gasteiger partial charge in [-0.25, -0.2) is 4.98 Å². The molecule has 0 aliphatic carbocycles. The number of aromatic nitrogens is 2. The van der Waals surface area contributed by atoms with E-state index in [-0.39, 0.29) is 28.8 Å². The summed E-state index contributed by atoms with van der Waals surface area (Å²) in [7, 11) is 1.57. The van der Waals surface area contributed by atoms with Gasteiger partial charge in [-0.05, 0) is 70.9 Å². The number of ether oxygens (including phenoxy) is 1. The minimum atomic E-state index is -0.120. The van der Waals surface area contributed by atoms with Gasteiger partial charge in [-0.15, -0.1) is 0 Å². The van der Waals surface area contributed by atoms with E-state index in [1.54, 1.807) is 31.4 Å². The number of para-hydroxylation sites is 1. The number of imidazole rings is 1. The van der Waals surface area contributed by atoms with Crippen molar-refractivity contribution in [3.8, 4) is 22.9 Å². The lowest BCUT2D eigenvalue weighted by Gasteiger charge is -2.46. The normalized spacial score (nSPS) is 18.1. The zero-order valence-corrected chi connectivity index (χ0v) is 18.7. The SMILES string of the molecule is COc1cc(C(=O)NC2CC(C)(C)NC(C)(C)C2)ccc1-c1nc2c(O)cccc2[nH]1. The zero-order valence-electron chi connectivity index (χ0n) is 18.7. The van der Waals surface area contributed by atoms with Crippen LogP contribution in [-0.4, -0.2) is 45.2 Å². The maximum absolute atomic E-state index is 13.0. The van der Waals surface area contributed by atoms with Gasteiger partial charge in [-0.1, -0.05) is 6.07 Å². The lowest BCUT2D eigenvalue weighted by molar-refractivity contribution is 0.0873. The Bertz CT molecular complexity index is 1120. The van der Waals surface area contributed by atoms with E-state index in [1.807, 2.05) is 12.1 Å². The number of piperidine rings is 1. The van der Waals surface area contributed by atoms with Crippen molar-refractivity contribution in [1.82, 2.24) is 20.6 Å². The predicted molar refractivity (Wildman–Crippen MR) is 122 cm³/mol. The van der Waals surface area contributed by atoms with Crippen LogP contribution in [0.4, 0.5) is 0 Å². The van der Waals surface area contributed by atoms with E-state index in [2.05, 4.69) is 48.3 Å². The number of phenols is 1. The first-order valence-electron chi connectivity index (χ1n) is 10.5. The fraction of sp³-hybridized carbons (Fsp3) is 0.417.